The van der Waals surface area contributed by atoms with Crippen LogP contribution in [-0.4, -0.2) is 25.9 Å². The van der Waals surface area contributed by atoms with Gasteiger partial charge in [-0.3, -0.25) is 4.79 Å². The molecule has 2 aromatic carbocycles. The lowest BCUT2D eigenvalue weighted by Gasteiger charge is -2.18. The van der Waals surface area contributed by atoms with Crippen LogP contribution < -0.4 is 10.1 Å². The Morgan fingerprint density at radius 1 is 1.12 bits per heavy atom. The van der Waals surface area contributed by atoms with E-state index in [0.29, 0.717) is 29.2 Å². The fourth-order valence-corrected chi connectivity index (χ4v) is 4.04. The van der Waals surface area contributed by atoms with Crippen molar-refractivity contribution >= 4 is 23.4 Å². The van der Waals surface area contributed by atoms with Crippen molar-refractivity contribution in [3.05, 3.63) is 65.7 Å². The van der Waals surface area contributed by atoms with Gasteiger partial charge in [-0.25, -0.2) is 4.39 Å². The first-order valence-electron chi connectivity index (χ1n) is 10.6. The summed E-state index contributed by atoms with van der Waals surface area (Å²) >= 11 is 1.36. The molecule has 0 aliphatic rings. The van der Waals surface area contributed by atoms with E-state index in [1.807, 2.05) is 49.6 Å². The molecule has 2 unspecified atom stereocenters. The highest BCUT2D eigenvalue weighted by Crippen LogP contribution is 2.28. The fraction of sp³-hybridized carbons (Fsp3) is 0.375. The SMILES string of the molecule is Cc1cccc(NC(=O)C(C)Sc2nnc(C(C)Oc3ccc(F)cc3)n2CC(C)C)c1. The molecule has 32 heavy (non-hydrogen) atoms. The molecule has 0 spiro atoms. The van der Waals surface area contributed by atoms with Crippen LogP contribution in [-0.2, 0) is 11.3 Å². The zero-order valence-corrected chi connectivity index (χ0v) is 19.8. The summed E-state index contributed by atoms with van der Waals surface area (Å²) in [6.45, 7) is 10.6. The van der Waals surface area contributed by atoms with Crippen molar-refractivity contribution in [2.24, 2.45) is 5.92 Å². The second kappa shape index (κ2) is 10.6. The molecule has 1 heterocycles. The van der Waals surface area contributed by atoms with Gasteiger partial charge in [-0.15, -0.1) is 10.2 Å². The minimum Gasteiger partial charge on any atom is -0.483 e. The molecule has 0 saturated carbocycles. The molecule has 170 valence electrons. The Balaban J connectivity index is 1.74. The van der Waals surface area contributed by atoms with Gasteiger partial charge in [-0.2, -0.15) is 0 Å². The van der Waals surface area contributed by atoms with E-state index in [9.17, 15) is 9.18 Å². The smallest absolute Gasteiger partial charge is 0.237 e. The van der Waals surface area contributed by atoms with Crippen molar-refractivity contribution in [2.75, 3.05) is 5.32 Å². The largest absolute Gasteiger partial charge is 0.483 e. The average molecular weight is 457 g/mol. The van der Waals surface area contributed by atoms with Crippen LogP contribution in [0.2, 0.25) is 0 Å². The summed E-state index contributed by atoms with van der Waals surface area (Å²) < 4.78 is 21.1. The number of hydrogen-bond acceptors (Lipinski definition) is 5. The average Bonchev–Trinajstić information content (AvgIpc) is 3.11. The number of halogens is 1. The lowest BCUT2D eigenvalue weighted by atomic mass is 10.2. The monoisotopic (exact) mass is 456 g/mol. The van der Waals surface area contributed by atoms with Gasteiger partial charge in [0.25, 0.3) is 0 Å². The van der Waals surface area contributed by atoms with Crippen molar-refractivity contribution in [1.82, 2.24) is 14.8 Å². The van der Waals surface area contributed by atoms with Gasteiger partial charge in [0.15, 0.2) is 17.1 Å². The number of nitrogens with one attached hydrogen (secondary N) is 1. The van der Waals surface area contributed by atoms with Crippen LogP contribution in [0.1, 0.15) is 45.2 Å². The van der Waals surface area contributed by atoms with Crippen LogP contribution >= 0.6 is 11.8 Å². The molecule has 0 bridgehead atoms. The second-order valence-corrected chi connectivity index (χ2v) is 9.49. The zero-order chi connectivity index (χ0) is 23.3. The third kappa shape index (κ3) is 6.32. The molecule has 1 amide bonds. The third-order valence-corrected chi connectivity index (χ3v) is 5.80. The van der Waals surface area contributed by atoms with Gasteiger partial charge in [0.2, 0.25) is 5.91 Å². The number of rotatable bonds is 9. The summed E-state index contributed by atoms with van der Waals surface area (Å²) in [6, 6.07) is 13.6. The lowest BCUT2D eigenvalue weighted by molar-refractivity contribution is -0.115. The van der Waals surface area contributed by atoms with Crippen molar-refractivity contribution in [1.29, 1.82) is 0 Å². The van der Waals surface area contributed by atoms with Gasteiger partial charge >= 0.3 is 0 Å². The van der Waals surface area contributed by atoms with Crippen molar-refractivity contribution in [3.8, 4) is 5.75 Å². The molecule has 0 aliphatic heterocycles. The van der Waals surface area contributed by atoms with Crippen molar-refractivity contribution in [3.63, 3.8) is 0 Å². The van der Waals surface area contributed by atoms with E-state index in [1.165, 1.54) is 23.9 Å². The Bertz CT molecular complexity index is 1050. The fourth-order valence-electron chi connectivity index (χ4n) is 3.17. The van der Waals surface area contributed by atoms with Crippen LogP contribution in [0.4, 0.5) is 10.1 Å². The summed E-state index contributed by atoms with van der Waals surface area (Å²) in [5.41, 5.74) is 1.85. The number of carbonyl (C=O) groups is 1. The van der Waals surface area contributed by atoms with Crippen LogP contribution in [0.15, 0.2) is 53.7 Å². The molecule has 1 aromatic heterocycles. The van der Waals surface area contributed by atoms with Crippen LogP contribution in [0.5, 0.6) is 5.75 Å². The summed E-state index contributed by atoms with van der Waals surface area (Å²) in [6.07, 6.45) is -0.391. The van der Waals surface area contributed by atoms with Gasteiger partial charge in [-0.1, -0.05) is 37.7 Å². The molecule has 6 nitrogen and oxygen atoms in total. The van der Waals surface area contributed by atoms with E-state index < -0.39 is 6.10 Å². The lowest BCUT2D eigenvalue weighted by Crippen LogP contribution is -2.23. The topological polar surface area (TPSA) is 69.0 Å². The Morgan fingerprint density at radius 3 is 2.50 bits per heavy atom. The third-order valence-electron chi connectivity index (χ3n) is 4.72. The molecule has 1 N–H and O–H groups in total. The Hall–Kier alpha value is -2.87. The number of aromatic nitrogens is 3. The maximum atomic E-state index is 13.2. The predicted octanol–water partition coefficient (Wildman–Crippen LogP) is 5.64. The molecular formula is C24H29FN4O2S. The number of thioether (sulfide) groups is 1. The summed E-state index contributed by atoms with van der Waals surface area (Å²) in [5, 5.41) is 11.9. The van der Waals surface area contributed by atoms with Gasteiger partial charge in [-0.05, 0) is 68.7 Å². The number of amides is 1. The van der Waals surface area contributed by atoms with Gasteiger partial charge in [0, 0.05) is 12.2 Å². The number of anilines is 1. The number of aryl methyl sites for hydroxylation is 1. The van der Waals surface area contributed by atoms with E-state index in [-0.39, 0.29) is 17.0 Å². The molecule has 0 aliphatic carbocycles. The zero-order valence-electron chi connectivity index (χ0n) is 19.0. The Kier molecular flexibility index (Phi) is 7.90. The molecule has 0 fully saturated rings. The number of carbonyl (C=O) groups excluding carboxylic acids is 1. The highest BCUT2D eigenvalue weighted by atomic mass is 32.2. The summed E-state index contributed by atoms with van der Waals surface area (Å²) in [4.78, 5) is 12.7. The normalized spacial score (nSPS) is 13.1. The Labute approximate surface area is 192 Å². The minimum atomic E-state index is -0.391. The van der Waals surface area contributed by atoms with E-state index >= 15 is 0 Å². The summed E-state index contributed by atoms with van der Waals surface area (Å²) in [5.74, 6) is 1.15. The van der Waals surface area contributed by atoms with Crippen LogP contribution in [0, 0.1) is 18.7 Å². The second-order valence-electron chi connectivity index (χ2n) is 8.18. The van der Waals surface area contributed by atoms with Crippen LogP contribution in [0.3, 0.4) is 0 Å². The maximum Gasteiger partial charge on any atom is 0.237 e. The first kappa shape index (κ1) is 23.8. The van der Waals surface area contributed by atoms with Crippen molar-refractivity contribution in [2.45, 2.75) is 57.7 Å². The highest BCUT2D eigenvalue weighted by Gasteiger charge is 2.24. The first-order valence-corrected chi connectivity index (χ1v) is 11.5. The van der Waals surface area contributed by atoms with Crippen LogP contribution in [0.25, 0.3) is 0 Å². The maximum absolute atomic E-state index is 13.2. The molecule has 3 aromatic rings. The molecular weight excluding hydrogens is 427 g/mol. The summed E-state index contributed by atoms with van der Waals surface area (Å²) in [7, 11) is 0. The standard InChI is InChI=1S/C24H29FN4O2S/c1-15(2)14-29-22(17(4)31-21-11-9-19(25)10-12-21)27-28-24(29)32-18(5)23(30)26-20-8-6-7-16(3)13-20/h6-13,15,17-18H,14H2,1-5H3,(H,26,30). The number of ether oxygens (including phenoxy) is 1. The van der Waals surface area contributed by atoms with E-state index in [1.54, 1.807) is 12.1 Å². The van der Waals surface area contributed by atoms with Crippen molar-refractivity contribution < 1.29 is 13.9 Å². The molecule has 0 radical (unpaired) electrons. The molecule has 3 rings (SSSR count). The molecule has 2 atom stereocenters. The van der Waals surface area contributed by atoms with E-state index in [2.05, 4.69) is 29.4 Å². The number of benzene rings is 2. The quantitative estimate of drug-likeness (QED) is 0.422. The molecule has 0 saturated heterocycles. The highest BCUT2D eigenvalue weighted by molar-refractivity contribution is 8.00. The van der Waals surface area contributed by atoms with Gasteiger partial charge in [0.1, 0.15) is 11.6 Å². The van der Waals surface area contributed by atoms with E-state index in [4.69, 9.17) is 4.74 Å². The van der Waals surface area contributed by atoms with Gasteiger partial charge in [0.05, 0.1) is 5.25 Å². The first-order chi connectivity index (χ1) is 15.2. The number of hydrogen-bond donors (Lipinski definition) is 1. The minimum absolute atomic E-state index is 0.100. The number of nitrogens with zero attached hydrogens (tertiary/aromatic N) is 3. The predicted molar refractivity (Wildman–Crippen MR) is 125 cm³/mol. The van der Waals surface area contributed by atoms with E-state index in [0.717, 1.165) is 11.3 Å². The molecule has 8 heteroatoms. The van der Waals surface area contributed by atoms with Gasteiger partial charge < -0.3 is 14.6 Å². The Morgan fingerprint density at radius 2 is 1.84 bits per heavy atom.